The first-order chi connectivity index (χ1) is 14.0. The Bertz CT molecular complexity index is 1040. The molecule has 1 aromatic heterocycles. The van der Waals surface area contributed by atoms with Crippen LogP contribution in [0.4, 0.5) is 9.52 Å². The van der Waals surface area contributed by atoms with Crippen molar-refractivity contribution < 1.29 is 13.9 Å². The first kappa shape index (κ1) is 23.2. The van der Waals surface area contributed by atoms with Gasteiger partial charge >= 0.3 is 0 Å². The first-order valence-electron chi connectivity index (χ1n) is 9.15. The Morgan fingerprint density at radius 1 is 1.23 bits per heavy atom. The zero-order valence-electron chi connectivity index (χ0n) is 15.8. The zero-order chi connectivity index (χ0) is 20.4. The number of hydrogen-bond donors (Lipinski definition) is 0. The fraction of sp³-hybridized carbons (Fsp3) is 0.300. The van der Waals surface area contributed by atoms with Crippen LogP contribution in [-0.4, -0.2) is 55.2 Å². The van der Waals surface area contributed by atoms with E-state index in [0.29, 0.717) is 51.7 Å². The van der Waals surface area contributed by atoms with Gasteiger partial charge in [-0.15, -0.1) is 12.4 Å². The molecule has 1 fully saturated rings. The highest BCUT2D eigenvalue weighted by atomic mass is 35.5. The van der Waals surface area contributed by atoms with Gasteiger partial charge in [-0.05, 0) is 30.3 Å². The van der Waals surface area contributed by atoms with Gasteiger partial charge in [0.1, 0.15) is 11.3 Å². The number of anilines is 1. The van der Waals surface area contributed by atoms with Gasteiger partial charge in [0.05, 0.1) is 28.5 Å². The second kappa shape index (κ2) is 10.2. The molecule has 10 heteroatoms. The fourth-order valence-corrected chi connectivity index (χ4v) is 4.55. The van der Waals surface area contributed by atoms with Crippen molar-refractivity contribution in [1.29, 1.82) is 0 Å². The molecule has 4 rings (SSSR count). The van der Waals surface area contributed by atoms with E-state index in [1.807, 2.05) is 0 Å². The second-order valence-corrected chi connectivity index (χ2v) is 8.47. The highest BCUT2D eigenvalue weighted by Gasteiger charge is 2.25. The molecule has 30 heavy (non-hydrogen) atoms. The van der Waals surface area contributed by atoms with Crippen LogP contribution < -0.4 is 4.90 Å². The largest absolute Gasteiger partial charge is 0.379 e. The van der Waals surface area contributed by atoms with Crippen LogP contribution in [0.3, 0.4) is 0 Å². The van der Waals surface area contributed by atoms with Crippen molar-refractivity contribution in [2.75, 3.05) is 44.3 Å². The lowest BCUT2D eigenvalue weighted by Crippen LogP contribution is -2.43. The number of nitrogens with zero attached hydrogens (tertiary/aromatic N) is 3. The monoisotopic (exact) mass is 489 g/mol. The lowest BCUT2D eigenvalue weighted by Gasteiger charge is -2.29. The second-order valence-electron chi connectivity index (χ2n) is 6.62. The van der Waals surface area contributed by atoms with Crippen molar-refractivity contribution >= 4 is 68.2 Å². The molecule has 0 spiro atoms. The number of benzene rings is 2. The normalized spacial score (nSPS) is 14.5. The van der Waals surface area contributed by atoms with Gasteiger partial charge in [0.15, 0.2) is 5.13 Å². The minimum atomic E-state index is -0.411. The van der Waals surface area contributed by atoms with E-state index in [1.165, 1.54) is 17.4 Å². The van der Waals surface area contributed by atoms with Gasteiger partial charge in [-0.3, -0.25) is 14.6 Å². The number of ether oxygens (including phenoxy) is 1. The maximum absolute atomic E-state index is 14.2. The average molecular weight is 491 g/mol. The van der Waals surface area contributed by atoms with Crippen molar-refractivity contribution in [1.82, 2.24) is 9.88 Å². The van der Waals surface area contributed by atoms with E-state index in [-0.39, 0.29) is 23.8 Å². The topological polar surface area (TPSA) is 45.7 Å². The summed E-state index contributed by atoms with van der Waals surface area (Å²) in [5, 5.41) is 1.16. The summed E-state index contributed by atoms with van der Waals surface area (Å²) < 4.78 is 20.2. The fourth-order valence-electron chi connectivity index (χ4n) is 3.18. The Morgan fingerprint density at radius 3 is 2.73 bits per heavy atom. The summed E-state index contributed by atoms with van der Waals surface area (Å²) in [7, 11) is 0. The molecule has 2 aromatic carbocycles. The Morgan fingerprint density at radius 2 is 2.00 bits per heavy atom. The van der Waals surface area contributed by atoms with Crippen molar-refractivity contribution in [3.8, 4) is 0 Å². The number of halogens is 4. The van der Waals surface area contributed by atoms with E-state index < -0.39 is 5.82 Å². The Labute approximate surface area is 193 Å². The van der Waals surface area contributed by atoms with Gasteiger partial charge in [-0.2, -0.15) is 0 Å². The van der Waals surface area contributed by atoms with E-state index in [9.17, 15) is 9.18 Å². The summed E-state index contributed by atoms with van der Waals surface area (Å²) >= 11 is 13.6. The predicted molar refractivity (Wildman–Crippen MR) is 122 cm³/mol. The number of aromatic nitrogens is 1. The molecule has 1 saturated heterocycles. The van der Waals surface area contributed by atoms with Gasteiger partial charge in [-0.25, -0.2) is 9.37 Å². The number of para-hydroxylation sites is 1. The van der Waals surface area contributed by atoms with Crippen LogP contribution >= 0.6 is 46.9 Å². The molecule has 0 aliphatic carbocycles. The van der Waals surface area contributed by atoms with E-state index in [4.69, 9.17) is 27.9 Å². The molecule has 3 aromatic rings. The number of hydrogen-bond acceptors (Lipinski definition) is 5. The van der Waals surface area contributed by atoms with Gasteiger partial charge in [0, 0.05) is 31.2 Å². The lowest BCUT2D eigenvalue weighted by atomic mass is 10.2. The smallest absolute Gasteiger partial charge is 0.261 e. The quantitative estimate of drug-likeness (QED) is 0.497. The molecule has 2 heterocycles. The van der Waals surface area contributed by atoms with Crippen LogP contribution in [0.2, 0.25) is 10.0 Å². The molecule has 0 saturated carbocycles. The number of rotatable bonds is 5. The molecule has 0 bridgehead atoms. The molecule has 5 nitrogen and oxygen atoms in total. The van der Waals surface area contributed by atoms with Crippen LogP contribution in [-0.2, 0) is 4.74 Å². The van der Waals surface area contributed by atoms with E-state index in [0.717, 1.165) is 13.1 Å². The summed E-state index contributed by atoms with van der Waals surface area (Å²) in [5.41, 5.74) is 0.551. The number of carbonyl (C=O) groups excluding carboxylic acids is 1. The van der Waals surface area contributed by atoms with E-state index in [2.05, 4.69) is 9.88 Å². The third kappa shape index (κ3) is 5.04. The van der Waals surface area contributed by atoms with Gasteiger partial charge in [-0.1, -0.05) is 40.6 Å². The number of carbonyl (C=O) groups is 1. The van der Waals surface area contributed by atoms with Crippen LogP contribution in [0, 0.1) is 5.82 Å². The highest BCUT2D eigenvalue weighted by Crippen LogP contribution is 2.32. The van der Waals surface area contributed by atoms with E-state index >= 15 is 0 Å². The minimum Gasteiger partial charge on any atom is -0.379 e. The summed E-state index contributed by atoms with van der Waals surface area (Å²) in [6, 6.07) is 9.55. The molecule has 160 valence electrons. The summed E-state index contributed by atoms with van der Waals surface area (Å²) in [6.45, 7) is 3.97. The molecule has 0 unspecified atom stereocenters. The van der Waals surface area contributed by atoms with Crippen molar-refractivity contribution in [2.45, 2.75) is 0 Å². The third-order valence-electron chi connectivity index (χ3n) is 4.74. The minimum absolute atomic E-state index is 0. The van der Waals surface area contributed by atoms with Crippen molar-refractivity contribution in [2.24, 2.45) is 0 Å². The molecule has 1 aliphatic heterocycles. The molecule has 0 radical (unpaired) electrons. The molecular formula is C20H19Cl3FN3O2S. The summed E-state index contributed by atoms with van der Waals surface area (Å²) in [4.78, 5) is 21.5. The third-order valence-corrected chi connectivity index (χ3v) is 6.35. The summed E-state index contributed by atoms with van der Waals surface area (Å²) in [6.07, 6.45) is 0. The standard InChI is InChI=1S/C20H18Cl2FN3O2S.ClH/c21-13-4-5-15(22)14(12-13)19(27)26(7-6-25-8-10-28-11-9-25)20-24-18-16(23)2-1-3-17(18)29-20;/h1-5,12H,6-11H2;1H. The number of amides is 1. The molecule has 0 N–H and O–H groups in total. The zero-order valence-corrected chi connectivity index (χ0v) is 19.0. The van der Waals surface area contributed by atoms with E-state index in [1.54, 1.807) is 35.2 Å². The highest BCUT2D eigenvalue weighted by molar-refractivity contribution is 7.22. The molecule has 0 atom stereocenters. The van der Waals surface area contributed by atoms with Crippen LogP contribution in [0.1, 0.15) is 10.4 Å². The Hall–Kier alpha value is -1.48. The molecule has 1 amide bonds. The first-order valence-corrected chi connectivity index (χ1v) is 10.7. The lowest BCUT2D eigenvalue weighted by molar-refractivity contribution is 0.0391. The number of fused-ring (bicyclic) bond motifs is 1. The Balaban J connectivity index is 0.00000256. The average Bonchev–Trinajstić information content (AvgIpc) is 3.16. The maximum Gasteiger partial charge on any atom is 0.261 e. The Kier molecular flexibility index (Phi) is 7.90. The number of thiazole rings is 1. The molecular weight excluding hydrogens is 472 g/mol. The number of morpholine rings is 1. The maximum atomic E-state index is 14.2. The SMILES string of the molecule is Cl.O=C(c1cc(Cl)ccc1Cl)N(CCN1CCOCC1)c1nc2c(F)cccc2s1. The van der Waals surface area contributed by atoms with Gasteiger partial charge < -0.3 is 4.74 Å². The van der Waals surface area contributed by atoms with Gasteiger partial charge in [0.2, 0.25) is 0 Å². The van der Waals surface area contributed by atoms with Crippen LogP contribution in [0.25, 0.3) is 10.2 Å². The van der Waals surface area contributed by atoms with Crippen LogP contribution in [0.5, 0.6) is 0 Å². The van der Waals surface area contributed by atoms with Crippen LogP contribution in [0.15, 0.2) is 36.4 Å². The molecule has 1 aliphatic rings. The summed E-state index contributed by atoms with van der Waals surface area (Å²) in [5.74, 6) is -0.725. The van der Waals surface area contributed by atoms with Crippen molar-refractivity contribution in [3.05, 3.63) is 57.8 Å². The van der Waals surface area contributed by atoms with Gasteiger partial charge in [0.25, 0.3) is 5.91 Å². The van der Waals surface area contributed by atoms with Crippen molar-refractivity contribution in [3.63, 3.8) is 0 Å². The predicted octanol–water partition coefficient (Wildman–Crippen LogP) is 5.14.